The van der Waals surface area contributed by atoms with Crippen molar-refractivity contribution in [3.8, 4) is 0 Å². The predicted octanol–water partition coefficient (Wildman–Crippen LogP) is 10.1. The molecule has 0 aliphatic heterocycles. The van der Waals surface area contributed by atoms with Crippen molar-refractivity contribution in [3.63, 3.8) is 0 Å². The molecule has 0 radical (unpaired) electrons. The fraction of sp³-hybridized carbons (Fsp3) is 0.200. The molecule has 7 nitrogen and oxygen atoms in total. The van der Waals surface area contributed by atoms with E-state index in [1.165, 1.54) is 36.4 Å². The zero-order valence-corrected chi connectivity index (χ0v) is 29.0. The molecule has 3 aromatic carbocycles. The second kappa shape index (κ2) is 15.1. The smallest absolute Gasteiger partial charge is 0.271 e. The summed E-state index contributed by atoms with van der Waals surface area (Å²) >= 11 is 24.3. The third kappa shape index (κ3) is 8.88. The summed E-state index contributed by atoms with van der Waals surface area (Å²) in [6.07, 6.45) is 0. The molecular formula is C30H22Br2Cl3F3N6O. The van der Waals surface area contributed by atoms with Gasteiger partial charge in [-0.05, 0) is 63.2 Å². The maximum Gasteiger partial charge on any atom is 0.271 e. The number of H-pyrrole nitrogens is 1. The van der Waals surface area contributed by atoms with E-state index in [-0.39, 0.29) is 43.2 Å². The average molecular weight is 806 g/mol. The van der Waals surface area contributed by atoms with Crippen molar-refractivity contribution in [2.45, 2.75) is 35.8 Å². The van der Waals surface area contributed by atoms with Gasteiger partial charge in [-0.1, -0.05) is 55.1 Å². The summed E-state index contributed by atoms with van der Waals surface area (Å²) in [5, 5.41) is 0.201. The Balaban J connectivity index is 0.000000154. The second-order valence-electron chi connectivity index (χ2n) is 9.53. The van der Waals surface area contributed by atoms with E-state index in [1.54, 1.807) is 25.1 Å². The minimum atomic E-state index is -0.389. The van der Waals surface area contributed by atoms with Crippen molar-refractivity contribution >= 4 is 99.8 Å². The van der Waals surface area contributed by atoms with Crippen molar-refractivity contribution < 1.29 is 13.2 Å². The van der Waals surface area contributed by atoms with Gasteiger partial charge >= 0.3 is 0 Å². The van der Waals surface area contributed by atoms with Gasteiger partial charge in [0.15, 0.2) is 10.3 Å². The lowest BCUT2D eigenvalue weighted by molar-refractivity contribution is 0.628. The highest BCUT2D eigenvalue weighted by Crippen LogP contribution is 2.28. The lowest BCUT2D eigenvalue weighted by Gasteiger charge is -2.06. The predicted molar refractivity (Wildman–Crippen MR) is 180 cm³/mol. The van der Waals surface area contributed by atoms with Crippen LogP contribution >= 0.6 is 66.7 Å². The van der Waals surface area contributed by atoms with Gasteiger partial charge in [-0.2, -0.15) is 0 Å². The molecule has 6 aromatic rings. The van der Waals surface area contributed by atoms with Crippen LogP contribution in [0.15, 0.2) is 59.4 Å². The number of aromatic nitrogens is 6. The number of rotatable bonds is 3. The van der Waals surface area contributed by atoms with Gasteiger partial charge in [0.1, 0.15) is 23.1 Å². The van der Waals surface area contributed by atoms with Gasteiger partial charge in [0, 0.05) is 12.1 Å². The molecule has 0 aliphatic carbocycles. The first-order valence-electron chi connectivity index (χ1n) is 13.1. The van der Waals surface area contributed by atoms with Crippen LogP contribution in [0.25, 0.3) is 33.1 Å². The minimum Gasteiger partial charge on any atom is -0.319 e. The molecule has 6 rings (SSSR count). The molecule has 0 bridgehead atoms. The minimum absolute atomic E-state index is 0.0203. The number of benzene rings is 3. The number of alkyl halides is 3. The zero-order chi connectivity index (χ0) is 33.0. The number of aromatic amines is 1. The van der Waals surface area contributed by atoms with Crippen LogP contribution in [0.2, 0.25) is 10.3 Å². The van der Waals surface area contributed by atoms with E-state index < -0.39 is 0 Å². The topological polar surface area (TPSA) is 97.3 Å². The first kappa shape index (κ1) is 35.0. The third-order valence-electron chi connectivity index (χ3n) is 6.03. The first-order valence-corrected chi connectivity index (χ1v) is 16.1. The van der Waals surface area contributed by atoms with E-state index in [1.807, 2.05) is 13.8 Å². The highest BCUT2D eigenvalue weighted by Gasteiger charge is 2.13. The van der Waals surface area contributed by atoms with Crippen LogP contribution in [0.3, 0.4) is 0 Å². The lowest BCUT2D eigenvalue weighted by Crippen LogP contribution is -2.15. The van der Waals surface area contributed by atoms with Crippen molar-refractivity contribution in [1.29, 1.82) is 0 Å². The van der Waals surface area contributed by atoms with Gasteiger partial charge in [-0.15, -0.1) is 11.6 Å². The van der Waals surface area contributed by atoms with Gasteiger partial charge in [0.05, 0.1) is 59.5 Å². The molecule has 15 heteroatoms. The Morgan fingerprint density at radius 3 is 1.53 bits per heavy atom. The number of halogens is 8. The van der Waals surface area contributed by atoms with Crippen LogP contribution in [-0.2, 0) is 0 Å². The largest absolute Gasteiger partial charge is 0.319 e. The molecule has 0 saturated heterocycles. The summed E-state index contributed by atoms with van der Waals surface area (Å²) in [6, 6.07) is 12.5. The van der Waals surface area contributed by atoms with Crippen LogP contribution < -0.4 is 5.56 Å². The molecule has 0 spiro atoms. The van der Waals surface area contributed by atoms with Crippen molar-refractivity contribution in [1.82, 2.24) is 29.9 Å². The Morgan fingerprint density at radius 2 is 1.04 bits per heavy atom. The van der Waals surface area contributed by atoms with Gasteiger partial charge < -0.3 is 4.98 Å². The zero-order valence-electron chi connectivity index (χ0n) is 23.6. The first-order chi connectivity index (χ1) is 21.2. The summed E-state index contributed by atoms with van der Waals surface area (Å²) in [5.74, 6) is -1.09. The highest BCUT2D eigenvalue weighted by molar-refractivity contribution is 9.09. The quantitative estimate of drug-likeness (QED) is 0.179. The molecule has 0 saturated carbocycles. The average Bonchev–Trinajstić information content (AvgIpc) is 2.96. The molecule has 3 atom stereocenters. The molecule has 0 fully saturated rings. The SMILES string of the molecule is CC(Br)c1nc2ccc(F)cc2[nH]c1=O.CC(Br)c1nc2ccc(F)cc2nc1Cl.CC(Cl)c1nc2ccc(F)cc2nc1Cl. The molecule has 3 aromatic heterocycles. The molecule has 234 valence electrons. The van der Waals surface area contributed by atoms with Crippen molar-refractivity contribution in [2.75, 3.05) is 0 Å². The normalized spacial score (nSPS) is 13.0. The van der Waals surface area contributed by atoms with Gasteiger partial charge in [-0.25, -0.2) is 38.1 Å². The lowest BCUT2D eigenvalue weighted by atomic mass is 10.2. The number of hydrogen-bond acceptors (Lipinski definition) is 6. The van der Waals surface area contributed by atoms with E-state index in [0.717, 1.165) is 0 Å². The van der Waals surface area contributed by atoms with E-state index in [4.69, 9.17) is 34.8 Å². The summed E-state index contributed by atoms with van der Waals surface area (Å²) in [6.45, 7) is 5.48. The van der Waals surface area contributed by atoms with Crippen LogP contribution in [0.5, 0.6) is 0 Å². The fourth-order valence-electron chi connectivity index (χ4n) is 3.89. The third-order valence-corrected chi connectivity index (χ3v) is 7.66. The Kier molecular flexibility index (Phi) is 11.8. The van der Waals surface area contributed by atoms with Crippen LogP contribution in [0, 0.1) is 17.5 Å². The van der Waals surface area contributed by atoms with E-state index in [2.05, 4.69) is 61.8 Å². The van der Waals surface area contributed by atoms with Crippen molar-refractivity contribution in [2.24, 2.45) is 0 Å². The molecule has 0 amide bonds. The van der Waals surface area contributed by atoms with Crippen molar-refractivity contribution in [3.05, 3.63) is 110 Å². The Bertz CT molecular complexity index is 1970. The number of nitrogens with zero attached hydrogens (tertiary/aromatic N) is 5. The summed E-state index contributed by atoms with van der Waals surface area (Å²) < 4.78 is 38.7. The molecular weight excluding hydrogens is 784 g/mol. The molecule has 3 heterocycles. The molecule has 1 N–H and O–H groups in total. The monoisotopic (exact) mass is 802 g/mol. The maximum absolute atomic E-state index is 12.9. The van der Waals surface area contributed by atoms with E-state index in [9.17, 15) is 18.0 Å². The van der Waals surface area contributed by atoms with Gasteiger partial charge in [-0.3, -0.25) is 4.79 Å². The Labute approximate surface area is 286 Å². The Morgan fingerprint density at radius 1 is 0.622 bits per heavy atom. The number of fused-ring (bicyclic) bond motifs is 3. The van der Waals surface area contributed by atoms with E-state index >= 15 is 0 Å². The van der Waals surface area contributed by atoms with Gasteiger partial charge in [0.25, 0.3) is 5.56 Å². The summed E-state index contributed by atoms with van der Waals surface area (Å²) in [7, 11) is 0. The number of nitrogens with one attached hydrogen (secondary N) is 1. The maximum atomic E-state index is 12.9. The second-order valence-corrected chi connectivity index (χ2v) is 13.6. The standard InChI is InChI=1S/C10H7BrClFN2.C10H8BrFN2O.C10H7Cl2FN2/c1-5(11)9-10(12)15-8-4-6(13)2-3-7(8)14-9;1-5(11)9-10(15)14-8-4-6(12)2-3-7(8)13-9;1-5(11)9-10(12)15-8-4-6(13)2-3-7(8)14-9/h2-5H,1H3;2-5H,1H3,(H,14,15);2-5H,1H3. The van der Waals surface area contributed by atoms with Crippen LogP contribution in [0.1, 0.15) is 52.9 Å². The van der Waals surface area contributed by atoms with Gasteiger partial charge in [0.2, 0.25) is 0 Å². The van der Waals surface area contributed by atoms with Crippen LogP contribution in [-0.4, -0.2) is 29.9 Å². The fourth-order valence-corrected chi connectivity index (χ4v) is 5.45. The highest BCUT2D eigenvalue weighted by atomic mass is 79.9. The van der Waals surface area contributed by atoms with Crippen LogP contribution in [0.4, 0.5) is 13.2 Å². The van der Waals surface area contributed by atoms with E-state index in [0.29, 0.717) is 55.3 Å². The summed E-state index contributed by atoms with van der Waals surface area (Å²) in [5.41, 5.74) is 4.40. The molecule has 3 unspecified atom stereocenters. The Hall–Kier alpha value is -2.90. The summed E-state index contributed by atoms with van der Waals surface area (Å²) in [4.78, 5) is 34.8. The molecule has 45 heavy (non-hydrogen) atoms. The molecule has 0 aliphatic rings. The number of hydrogen-bond donors (Lipinski definition) is 1.